The van der Waals surface area contributed by atoms with Gasteiger partial charge >= 0.3 is 7.12 Å². The van der Waals surface area contributed by atoms with Crippen molar-refractivity contribution < 1.29 is 14.0 Å². The fourth-order valence-corrected chi connectivity index (χ4v) is 2.73. The Kier molecular flexibility index (Phi) is 2.88. The lowest BCUT2D eigenvalue weighted by atomic mass is 9.61. The molecular formula is C12H23BO3. The van der Waals surface area contributed by atoms with Gasteiger partial charge in [0.15, 0.2) is 0 Å². The standard InChI is InChI=1S/C12H23BO3/c1-6-11-8-14-9-12(11,7-2)16-13(15-11)10(3,4)5/h6-9H2,1-5H3/t11-,12+. The van der Waals surface area contributed by atoms with Gasteiger partial charge in [-0.15, -0.1) is 0 Å². The lowest BCUT2D eigenvalue weighted by molar-refractivity contribution is -0.0120. The first-order valence-corrected chi connectivity index (χ1v) is 6.32. The normalized spacial score (nSPS) is 39.2. The first-order valence-electron chi connectivity index (χ1n) is 6.32. The molecule has 0 radical (unpaired) electrons. The number of fused-ring (bicyclic) bond motifs is 1. The Morgan fingerprint density at radius 2 is 1.44 bits per heavy atom. The largest absolute Gasteiger partial charge is 0.463 e. The predicted octanol–water partition coefficient (Wildman–Crippen LogP) is 2.65. The molecule has 3 nitrogen and oxygen atoms in total. The van der Waals surface area contributed by atoms with E-state index < -0.39 is 0 Å². The fourth-order valence-electron chi connectivity index (χ4n) is 2.73. The third kappa shape index (κ3) is 1.54. The second kappa shape index (κ2) is 3.72. The van der Waals surface area contributed by atoms with Crippen LogP contribution in [0.15, 0.2) is 0 Å². The molecule has 2 rings (SSSR count). The number of ether oxygens (including phenoxy) is 1. The van der Waals surface area contributed by atoms with Gasteiger partial charge in [0.2, 0.25) is 0 Å². The van der Waals surface area contributed by atoms with Crippen LogP contribution in [-0.4, -0.2) is 31.5 Å². The zero-order chi connectivity index (χ0) is 12.0. The Morgan fingerprint density at radius 3 is 1.75 bits per heavy atom. The van der Waals surface area contributed by atoms with Crippen molar-refractivity contribution in [3.05, 3.63) is 0 Å². The molecule has 0 aromatic rings. The number of hydrogen-bond donors (Lipinski definition) is 0. The summed E-state index contributed by atoms with van der Waals surface area (Å²) < 4.78 is 18.1. The van der Waals surface area contributed by atoms with Crippen molar-refractivity contribution in [2.75, 3.05) is 13.2 Å². The minimum Gasteiger partial charge on any atom is -0.400 e. The van der Waals surface area contributed by atoms with Crippen LogP contribution < -0.4 is 0 Å². The minimum absolute atomic E-state index is 0.0225. The smallest absolute Gasteiger partial charge is 0.400 e. The van der Waals surface area contributed by atoms with Gasteiger partial charge < -0.3 is 14.0 Å². The molecule has 2 heterocycles. The Hall–Kier alpha value is -0.0551. The van der Waals surface area contributed by atoms with Crippen LogP contribution in [0.1, 0.15) is 47.5 Å². The van der Waals surface area contributed by atoms with Gasteiger partial charge in [0.05, 0.1) is 13.2 Å². The van der Waals surface area contributed by atoms with Crippen LogP contribution in [0.5, 0.6) is 0 Å². The van der Waals surface area contributed by atoms with Crippen molar-refractivity contribution in [3.63, 3.8) is 0 Å². The van der Waals surface area contributed by atoms with Crippen LogP contribution in [0.4, 0.5) is 0 Å². The fraction of sp³-hybridized carbons (Fsp3) is 1.00. The van der Waals surface area contributed by atoms with E-state index in [4.69, 9.17) is 14.0 Å². The molecule has 92 valence electrons. The molecule has 0 aliphatic carbocycles. The average Bonchev–Trinajstić information content (AvgIpc) is 2.68. The molecule has 2 aliphatic heterocycles. The maximum Gasteiger partial charge on any atom is 0.463 e. The first-order chi connectivity index (χ1) is 7.39. The van der Waals surface area contributed by atoms with Crippen molar-refractivity contribution >= 4 is 7.12 Å². The van der Waals surface area contributed by atoms with E-state index in [0.29, 0.717) is 13.2 Å². The van der Waals surface area contributed by atoms with Crippen molar-refractivity contribution in [3.8, 4) is 0 Å². The molecule has 2 aliphatic rings. The van der Waals surface area contributed by atoms with Gasteiger partial charge in [-0.05, 0) is 18.2 Å². The minimum atomic E-state index is -0.223. The highest BCUT2D eigenvalue weighted by Crippen LogP contribution is 2.51. The second-order valence-electron chi connectivity index (χ2n) is 6.12. The maximum atomic E-state index is 6.23. The Labute approximate surface area is 99.0 Å². The third-order valence-corrected chi connectivity index (χ3v) is 4.02. The van der Waals surface area contributed by atoms with Gasteiger partial charge in [0.1, 0.15) is 11.2 Å². The molecule has 2 atom stereocenters. The molecule has 0 amide bonds. The van der Waals surface area contributed by atoms with Gasteiger partial charge in [-0.3, -0.25) is 0 Å². The molecule has 0 saturated carbocycles. The third-order valence-electron chi connectivity index (χ3n) is 4.02. The van der Waals surface area contributed by atoms with Crippen LogP contribution in [0.2, 0.25) is 5.31 Å². The summed E-state index contributed by atoms with van der Waals surface area (Å²) in [6, 6.07) is 0. The number of hydrogen-bond acceptors (Lipinski definition) is 3. The summed E-state index contributed by atoms with van der Waals surface area (Å²) in [7, 11) is -0.115. The SMILES string of the molecule is CC[C@@]12COC[C@]1(CC)OB(C(C)(C)C)O2. The van der Waals surface area contributed by atoms with Crippen LogP contribution in [0.25, 0.3) is 0 Å². The summed E-state index contributed by atoms with van der Waals surface area (Å²) in [6.45, 7) is 12.1. The molecule has 0 unspecified atom stereocenters. The highest BCUT2D eigenvalue weighted by Gasteiger charge is 2.65. The summed E-state index contributed by atoms with van der Waals surface area (Å²) in [5, 5.41) is 0.0225. The van der Waals surface area contributed by atoms with Crippen LogP contribution >= 0.6 is 0 Å². The second-order valence-corrected chi connectivity index (χ2v) is 6.12. The molecule has 0 aromatic carbocycles. The van der Waals surface area contributed by atoms with E-state index >= 15 is 0 Å². The lowest BCUT2D eigenvalue weighted by Gasteiger charge is -2.35. The van der Waals surface area contributed by atoms with E-state index in [0.717, 1.165) is 12.8 Å². The van der Waals surface area contributed by atoms with Crippen LogP contribution in [-0.2, 0) is 14.0 Å². The van der Waals surface area contributed by atoms with E-state index in [2.05, 4.69) is 34.6 Å². The summed E-state index contributed by atoms with van der Waals surface area (Å²) in [5.41, 5.74) is -0.445. The first kappa shape index (κ1) is 12.4. The molecule has 2 saturated heterocycles. The molecule has 0 spiro atoms. The molecular weight excluding hydrogens is 203 g/mol. The van der Waals surface area contributed by atoms with E-state index in [1.807, 2.05) is 0 Å². The average molecular weight is 226 g/mol. The van der Waals surface area contributed by atoms with Gasteiger partial charge in [0.25, 0.3) is 0 Å². The van der Waals surface area contributed by atoms with E-state index in [-0.39, 0.29) is 23.6 Å². The predicted molar refractivity (Wildman–Crippen MR) is 64.5 cm³/mol. The van der Waals surface area contributed by atoms with Crippen molar-refractivity contribution in [2.24, 2.45) is 0 Å². The topological polar surface area (TPSA) is 27.7 Å². The van der Waals surface area contributed by atoms with E-state index in [1.165, 1.54) is 0 Å². The van der Waals surface area contributed by atoms with Crippen molar-refractivity contribution in [2.45, 2.75) is 64.0 Å². The molecule has 0 bridgehead atoms. The summed E-state index contributed by atoms with van der Waals surface area (Å²) in [4.78, 5) is 0. The summed E-state index contributed by atoms with van der Waals surface area (Å²) in [5.74, 6) is 0. The number of rotatable bonds is 2. The van der Waals surface area contributed by atoms with Gasteiger partial charge in [0, 0.05) is 0 Å². The van der Waals surface area contributed by atoms with Gasteiger partial charge in [-0.25, -0.2) is 0 Å². The highest BCUT2D eigenvalue weighted by atomic mass is 16.7. The van der Waals surface area contributed by atoms with Gasteiger partial charge in [-0.2, -0.15) is 0 Å². The zero-order valence-electron chi connectivity index (χ0n) is 11.1. The van der Waals surface area contributed by atoms with E-state index in [1.54, 1.807) is 0 Å². The Morgan fingerprint density at radius 1 is 1.00 bits per heavy atom. The molecule has 0 N–H and O–H groups in total. The molecule has 16 heavy (non-hydrogen) atoms. The van der Waals surface area contributed by atoms with E-state index in [9.17, 15) is 0 Å². The Bertz CT molecular complexity index is 256. The maximum absolute atomic E-state index is 6.23. The van der Waals surface area contributed by atoms with Crippen molar-refractivity contribution in [1.29, 1.82) is 0 Å². The monoisotopic (exact) mass is 226 g/mol. The van der Waals surface area contributed by atoms with Crippen molar-refractivity contribution in [1.82, 2.24) is 0 Å². The molecule has 2 fully saturated rings. The zero-order valence-corrected chi connectivity index (χ0v) is 11.1. The lowest BCUT2D eigenvalue weighted by Crippen LogP contribution is -2.49. The quantitative estimate of drug-likeness (QED) is 0.677. The molecule has 0 aromatic heterocycles. The Balaban J connectivity index is 2.29. The van der Waals surface area contributed by atoms with Crippen LogP contribution in [0.3, 0.4) is 0 Å². The van der Waals surface area contributed by atoms with Gasteiger partial charge in [-0.1, -0.05) is 34.6 Å². The molecule has 4 heteroatoms. The van der Waals surface area contributed by atoms with Crippen LogP contribution in [0, 0.1) is 0 Å². The summed E-state index contributed by atoms with van der Waals surface area (Å²) >= 11 is 0. The summed E-state index contributed by atoms with van der Waals surface area (Å²) in [6.07, 6.45) is 1.90. The highest BCUT2D eigenvalue weighted by molar-refractivity contribution is 6.49.